The van der Waals surface area contributed by atoms with E-state index in [1.807, 2.05) is 53.9 Å². The average Bonchev–Trinajstić information content (AvgIpc) is 3.32. The average molecular weight is 457 g/mol. The van der Waals surface area contributed by atoms with Gasteiger partial charge in [-0.1, -0.05) is 46.3 Å². The maximum Gasteiger partial charge on any atom is 0.329 e. The van der Waals surface area contributed by atoms with Crippen molar-refractivity contribution in [1.29, 1.82) is 0 Å². The van der Waals surface area contributed by atoms with Crippen LogP contribution in [0, 0.1) is 0 Å². The normalized spacial score (nSPS) is 15.4. The van der Waals surface area contributed by atoms with Gasteiger partial charge in [-0.15, -0.1) is 11.3 Å². The number of thiazole rings is 1. The number of methoxy groups -OCH3 is 1. The lowest BCUT2D eigenvalue weighted by molar-refractivity contribution is -0.143. The largest absolute Gasteiger partial charge is 0.467 e. The van der Waals surface area contributed by atoms with Gasteiger partial charge in [0.05, 0.1) is 19.2 Å². The van der Waals surface area contributed by atoms with E-state index >= 15 is 0 Å². The predicted molar refractivity (Wildman–Crippen MR) is 112 cm³/mol. The summed E-state index contributed by atoms with van der Waals surface area (Å²) in [7, 11) is 1.35. The molecule has 1 aliphatic heterocycles. The summed E-state index contributed by atoms with van der Waals surface area (Å²) in [6, 6.07) is 14.8. The first kappa shape index (κ1) is 18.8. The van der Waals surface area contributed by atoms with E-state index in [2.05, 4.69) is 20.9 Å². The highest BCUT2D eigenvalue weighted by Crippen LogP contribution is 2.33. The molecule has 0 N–H and O–H groups in total. The molecule has 0 aliphatic carbocycles. The fourth-order valence-electron chi connectivity index (χ4n) is 3.40. The molecule has 1 aromatic heterocycles. The minimum absolute atomic E-state index is 0.131. The van der Waals surface area contributed by atoms with Gasteiger partial charge in [-0.25, -0.2) is 9.78 Å². The van der Waals surface area contributed by atoms with Crippen LogP contribution >= 0.6 is 27.3 Å². The first-order chi connectivity index (χ1) is 13.6. The zero-order valence-electron chi connectivity index (χ0n) is 15.1. The number of halogens is 1. The van der Waals surface area contributed by atoms with Crippen molar-refractivity contribution >= 4 is 44.8 Å². The SMILES string of the molecule is COC(=O)[C@H]1Cc2ccccc2N1C(=O)Cc1csc(-c2cccc(Br)c2)n1. The molecule has 1 atom stereocenters. The molecule has 0 fully saturated rings. The van der Waals surface area contributed by atoms with Crippen LogP contribution in [0.1, 0.15) is 11.3 Å². The third kappa shape index (κ3) is 3.59. The third-order valence-corrected chi connectivity index (χ3v) is 6.11. The lowest BCUT2D eigenvalue weighted by Gasteiger charge is -2.23. The molecule has 142 valence electrons. The predicted octanol–water partition coefficient (Wildman–Crippen LogP) is 4.25. The fraction of sp³-hybridized carbons (Fsp3) is 0.190. The van der Waals surface area contributed by atoms with Crippen LogP contribution in [-0.4, -0.2) is 30.0 Å². The number of para-hydroxylation sites is 1. The first-order valence-corrected chi connectivity index (χ1v) is 10.4. The number of benzene rings is 2. The lowest BCUT2D eigenvalue weighted by atomic mass is 10.1. The minimum atomic E-state index is -0.627. The topological polar surface area (TPSA) is 59.5 Å². The molecule has 0 saturated carbocycles. The van der Waals surface area contributed by atoms with Crippen molar-refractivity contribution in [3.63, 3.8) is 0 Å². The summed E-state index contributed by atoms with van der Waals surface area (Å²) in [5, 5.41) is 2.75. The number of amides is 1. The molecule has 1 aliphatic rings. The van der Waals surface area contributed by atoms with E-state index in [9.17, 15) is 9.59 Å². The standard InChI is InChI=1S/C21H17BrN2O3S/c1-27-21(26)18-10-13-5-2-3-8-17(13)24(18)19(25)11-16-12-28-20(23-16)14-6-4-7-15(22)9-14/h2-9,12,18H,10-11H2,1H3/t18-/m1/s1. The lowest BCUT2D eigenvalue weighted by Crippen LogP contribution is -2.44. The molecule has 2 heterocycles. The summed E-state index contributed by atoms with van der Waals surface area (Å²) in [6.45, 7) is 0. The van der Waals surface area contributed by atoms with Crippen molar-refractivity contribution < 1.29 is 14.3 Å². The molecule has 5 nitrogen and oxygen atoms in total. The second-order valence-electron chi connectivity index (χ2n) is 6.47. The summed E-state index contributed by atoms with van der Waals surface area (Å²) in [5.74, 6) is -0.566. The molecule has 2 aromatic carbocycles. The van der Waals surface area contributed by atoms with Gasteiger partial charge in [0, 0.05) is 27.5 Å². The van der Waals surface area contributed by atoms with Gasteiger partial charge in [-0.3, -0.25) is 9.69 Å². The van der Waals surface area contributed by atoms with Crippen LogP contribution in [0.15, 0.2) is 58.4 Å². The molecule has 0 spiro atoms. The highest BCUT2D eigenvalue weighted by atomic mass is 79.9. The highest BCUT2D eigenvalue weighted by Gasteiger charge is 2.38. The number of rotatable bonds is 4. The maximum atomic E-state index is 13.1. The zero-order valence-corrected chi connectivity index (χ0v) is 17.5. The molecule has 0 saturated heterocycles. The van der Waals surface area contributed by atoms with Crippen molar-refractivity contribution in [3.8, 4) is 10.6 Å². The van der Waals surface area contributed by atoms with E-state index in [1.54, 1.807) is 4.90 Å². The maximum absolute atomic E-state index is 13.1. The fourth-order valence-corrected chi connectivity index (χ4v) is 4.62. The number of nitrogens with zero attached hydrogens (tertiary/aromatic N) is 2. The number of carbonyl (C=O) groups excluding carboxylic acids is 2. The summed E-state index contributed by atoms with van der Waals surface area (Å²) < 4.78 is 5.90. The van der Waals surface area contributed by atoms with Crippen LogP contribution in [0.2, 0.25) is 0 Å². The number of carbonyl (C=O) groups is 2. The molecule has 0 radical (unpaired) electrons. The van der Waals surface area contributed by atoms with Crippen LogP contribution in [0.5, 0.6) is 0 Å². The van der Waals surface area contributed by atoms with Crippen molar-refractivity contribution in [2.75, 3.05) is 12.0 Å². The summed E-state index contributed by atoms with van der Waals surface area (Å²) >= 11 is 4.96. The van der Waals surface area contributed by atoms with Crippen LogP contribution < -0.4 is 4.90 Å². The second kappa shape index (κ2) is 7.85. The van der Waals surface area contributed by atoms with Crippen LogP contribution in [0.4, 0.5) is 5.69 Å². The Kier molecular flexibility index (Phi) is 5.28. The van der Waals surface area contributed by atoms with Crippen LogP contribution in [0.3, 0.4) is 0 Å². The van der Waals surface area contributed by atoms with E-state index in [1.165, 1.54) is 18.4 Å². The summed E-state index contributed by atoms with van der Waals surface area (Å²) in [4.78, 5) is 31.5. The molecular weight excluding hydrogens is 440 g/mol. The Morgan fingerprint density at radius 3 is 2.86 bits per heavy atom. The number of anilines is 1. The first-order valence-electron chi connectivity index (χ1n) is 8.75. The van der Waals surface area contributed by atoms with E-state index < -0.39 is 12.0 Å². The Hall–Kier alpha value is -2.51. The Balaban J connectivity index is 1.58. The molecule has 4 rings (SSSR count). The molecule has 1 amide bonds. The quantitative estimate of drug-likeness (QED) is 0.550. The van der Waals surface area contributed by atoms with E-state index in [0.717, 1.165) is 26.3 Å². The van der Waals surface area contributed by atoms with Crippen molar-refractivity contribution in [3.05, 3.63) is 69.6 Å². The van der Waals surface area contributed by atoms with E-state index in [4.69, 9.17) is 4.74 Å². The van der Waals surface area contributed by atoms with Crippen molar-refractivity contribution in [2.24, 2.45) is 0 Å². The monoisotopic (exact) mass is 456 g/mol. The number of hydrogen-bond donors (Lipinski definition) is 0. The molecule has 28 heavy (non-hydrogen) atoms. The number of ether oxygens (including phenoxy) is 1. The van der Waals surface area contributed by atoms with Gasteiger partial charge in [-0.05, 0) is 23.8 Å². The van der Waals surface area contributed by atoms with Gasteiger partial charge in [0.2, 0.25) is 5.91 Å². The summed E-state index contributed by atoms with van der Waals surface area (Å²) in [5.41, 5.74) is 3.43. The van der Waals surface area contributed by atoms with E-state index in [-0.39, 0.29) is 12.3 Å². The van der Waals surface area contributed by atoms with Gasteiger partial charge in [-0.2, -0.15) is 0 Å². The Morgan fingerprint density at radius 1 is 1.25 bits per heavy atom. The number of hydrogen-bond acceptors (Lipinski definition) is 5. The molecule has 0 bridgehead atoms. The zero-order chi connectivity index (χ0) is 19.7. The summed E-state index contributed by atoms with van der Waals surface area (Å²) in [6.07, 6.45) is 0.598. The van der Waals surface area contributed by atoms with E-state index in [0.29, 0.717) is 12.1 Å². The van der Waals surface area contributed by atoms with Crippen molar-refractivity contribution in [1.82, 2.24) is 4.98 Å². The van der Waals surface area contributed by atoms with Gasteiger partial charge in [0.15, 0.2) is 0 Å². The van der Waals surface area contributed by atoms with Gasteiger partial charge < -0.3 is 4.74 Å². The smallest absolute Gasteiger partial charge is 0.329 e. The van der Waals surface area contributed by atoms with Gasteiger partial charge in [0.1, 0.15) is 11.0 Å². The Labute approximate surface area is 175 Å². The van der Waals surface area contributed by atoms with Gasteiger partial charge >= 0.3 is 5.97 Å². The Bertz CT molecular complexity index is 1050. The van der Waals surface area contributed by atoms with Crippen molar-refractivity contribution in [2.45, 2.75) is 18.9 Å². The second-order valence-corrected chi connectivity index (χ2v) is 8.24. The number of fused-ring (bicyclic) bond motifs is 1. The van der Waals surface area contributed by atoms with Gasteiger partial charge in [0.25, 0.3) is 0 Å². The number of esters is 1. The molecular formula is C21H17BrN2O3S. The Morgan fingerprint density at radius 2 is 2.07 bits per heavy atom. The number of aromatic nitrogens is 1. The molecule has 3 aromatic rings. The van der Waals surface area contributed by atoms with Crippen LogP contribution in [0.25, 0.3) is 10.6 Å². The highest BCUT2D eigenvalue weighted by molar-refractivity contribution is 9.10. The molecule has 0 unspecified atom stereocenters. The minimum Gasteiger partial charge on any atom is -0.467 e. The van der Waals surface area contributed by atoms with Crippen LogP contribution in [-0.2, 0) is 27.2 Å². The molecule has 7 heteroatoms. The third-order valence-electron chi connectivity index (χ3n) is 4.67.